The van der Waals surface area contributed by atoms with Gasteiger partial charge in [-0.25, -0.2) is 0 Å². The Morgan fingerprint density at radius 1 is 0.444 bits per heavy atom. The average molecular weight is 880 g/mol. The number of nitrogens with zero attached hydrogens (tertiary/aromatic N) is 5. The quantitative estimate of drug-likeness (QED) is 0.116. The third-order valence-corrected chi connectivity index (χ3v) is 8.81. The molecule has 0 aliphatic carbocycles. The van der Waals surface area contributed by atoms with Crippen LogP contribution in [0.25, 0.3) is 64.8 Å². The van der Waals surface area contributed by atoms with Gasteiger partial charge in [0.05, 0.1) is 5.69 Å². The molecule has 0 aliphatic heterocycles. The van der Waals surface area contributed by atoms with E-state index in [4.69, 9.17) is 10.3 Å². The van der Waals surface area contributed by atoms with Crippen LogP contribution in [-0.4, -0.2) is 47.3 Å². The van der Waals surface area contributed by atoms with Gasteiger partial charge in [0.2, 0.25) is 0 Å². The zero-order chi connectivity index (χ0) is 38.3. The smallest absolute Gasteiger partial charge is 0.673 e. The van der Waals surface area contributed by atoms with Crippen molar-refractivity contribution >= 4 is 38.0 Å². The van der Waals surface area contributed by atoms with E-state index in [1.165, 1.54) is 49.0 Å². The first-order chi connectivity index (χ1) is 25.7. The van der Waals surface area contributed by atoms with Crippen LogP contribution in [-0.2, 0) is 25.8 Å². The summed E-state index contributed by atoms with van der Waals surface area (Å²) in [6.45, 7) is 9.05. The Kier molecular flexibility index (Phi) is 18.2. The van der Waals surface area contributed by atoms with Crippen LogP contribution in [0.2, 0.25) is 0 Å². The molecule has 276 valence electrons. The molecule has 0 fully saturated rings. The predicted molar refractivity (Wildman–Crippen MR) is 234 cm³/mol. The molecule has 0 bridgehead atoms. The summed E-state index contributed by atoms with van der Waals surface area (Å²) in [5.74, 6) is 0.688. The van der Waals surface area contributed by atoms with E-state index in [0.717, 1.165) is 22.6 Å². The molecule has 1 heterocycles. The molecule has 7 rings (SSSR count). The maximum Gasteiger partial charge on any atom is 4.00 e. The molecule has 0 N–H and O–H groups in total. The molecule has 0 spiro atoms. The molecule has 0 saturated heterocycles. The van der Waals surface area contributed by atoms with Gasteiger partial charge in [-0.05, 0) is 67.9 Å². The van der Waals surface area contributed by atoms with E-state index < -0.39 is 0 Å². The van der Waals surface area contributed by atoms with Crippen molar-refractivity contribution < 1.29 is 25.8 Å². The van der Waals surface area contributed by atoms with Crippen LogP contribution in [0.15, 0.2) is 133 Å². The molecule has 1 aromatic heterocycles. The minimum absolute atomic E-state index is 0. The second-order valence-electron chi connectivity index (χ2n) is 13.7. The molecule has 6 heteroatoms. The van der Waals surface area contributed by atoms with Gasteiger partial charge in [0.1, 0.15) is 0 Å². The van der Waals surface area contributed by atoms with Gasteiger partial charge in [-0.2, -0.15) is 42.3 Å². The Balaban J connectivity index is 0.000000716. The molecule has 0 aliphatic rings. The number of hydrogen-bond acceptors (Lipinski definition) is 1. The minimum atomic E-state index is -0.295. The summed E-state index contributed by atoms with van der Waals surface area (Å²) in [4.78, 5) is 5.41. The zero-order valence-corrected chi connectivity index (χ0v) is 37.3. The van der Waals surface area contributed by atoms with Crippen molar-refractivity contribution in [3.63, 3.8) is 0 Å². The van der Waals surface area contributed by atoms with Gasteiger partial charge in [-0.15, -0.1) is 5.69 Å². The molecule has 5 nitrogen and oxygen atoms in total. The summed E-state index contributed by atoms with van der Waals surface area (Å²) >= 11 is 0. The third kappa shape index (κ3) is 10.7. The fourth-order valence-electron chi connectivity index (χ4n) is 6.60. The summed E-state index contributed by atoms with van der Waals surface area (Å²) < 4.78 is 0. The number of pyridine rings is 1. The number of aromatic nitrogens is 1. The van der Waals surface area contributed by atoms with E-state index in [1.807, 2.05) is 0 Å². The van der Waals surface area contributed by atoms with E-state index in [9.17, 15) is 0 Å². The van der Waals surface area contributed by atoms with Crippen molar-refractivity contribution in [2.45, 2.75) is 45.6 Å². The summed E-state index contributed by atoms with van der Waals surface area (Å²) in [7, 11) is 10.5. The summed E-state index contributed by atoms with van der Waals surface area (Å²) in [6, 6.07) is 47.6. The maximum absolute atomic E-state index is 5.73. The van der Waals surface area contributed by atoms with Crippen LogP contribution in [0, 0.1) is 0 Å². The van der Waals surface area contributed by atoms with Crippen molar-refractivity contribution in [3.8, 4) is 11.3 Å². The molecule has 0 radical (unpaired) electrons. The van der Waals surface area contributed by atoms with E-state index in [-0.39, 0.29) is 31.9 Å². The van der Waals surface area contributed by atoms with Gasteiger partial charge in [0.15, 0.2) is 0 Å². The van der Waals surface area contributed by atoms with Crippen molar-refractivity contribution in [3.05, 3.63) is 177 Å². The number of hydrogen-bond donors (Lipinski definition) is 0. The van der Waals surface area contributed by atoms with Crippen LogP contribution >= 0.6 is 0 Å². The number of para-hydroxylation sites is 1. The number of benzene rings is 6. The van der Waals surface area contributed by atoms with Gasteiger partial charge in [-0.1, -0.05) is 160 Å². The monoisotopic (exact) mass is 881 g/mol. The van der Waals surface area contributed by atoms with E-state index >= 15 is 0 Å². The first-order valence-corrected chi connectivity index (χ1v) is 18.4. The minimum Gasteiger partial charge on any atom is -0.673 e. The van der Waals surface area contributed by atoms with Gasteiger partial charge in [-0.3, -0.25) is 4.98 Å². The van der Waals surface area contributed by atoms with E-state index in [0.29, 0.717) is 11.8 Å². The number of rotatable bonds is 7. The van der Waals surface area contributed by atoms with Crippen molar-refractivity contribution in [2.75, 3.05) is 42.3 Å². The topological polar surface area (TPSA) is 69.3 Å². The standard InChI is InChI=1S/C42H37N2.3C2H6N.Hf/c1-27(2)31-21-12-22-32(28(3)4)41(31)44-42(38-26-30-15-6-8-18-34(30)35-19-9-10-20-36(35)38)40-25-13-24-39(43-40)37-23-11-16-29-14-5-7-17-33(29)37;3*1-3-2;/h5-28,42H,1-4H3;3*1-2H3;/q4*-1;+4. The van der Waals surface area contributed by atoms with Crippen LogP contribution in [0.1, 0.15) is 68.0 Å². The molecule has 7 aromatic rings. The normalized spacial score (nSPS) is 11.1. The Morgan fingerprint density at radius 3 is 1.50 bits per heavy atom. The van der Waals surface area contributed by atoms with Gasteiger partial charge >= 0.3 is 25.8 Å². The average Bonchev–Trinajstić information content (AvgIpc) is 3.17. The first kappa shape index (κ1) is 44.2. The maximum atomic E-state index is 5.73. The summed E-state index contributed by atoms with van der Waals surface area (Å²) in [6.07, 6.45) is 0. The first-order valence-electron chi connectivity index (χ1n) is 18.4. The van der Waals surface area contributed by atoms with Crippen molar-refractivity contribution in [1.29, 1.82) is 0 Å². The molecular formula is C48H55HfN5. The Bertz CT molecular complexity index is 2160. The fraction of sp³-hybridized carbons (Fsp3) is 0.271. The largest absolute Gasteiger partial charge is 4.00 e. The molecule has 0 amide bonds. The fourth-order valence-corrected chi connectivity index (χ4v) is 6.60. The van der Waals surface area contributed by atoms with Crippen molar-refractivity contribution in [1.82, 2.24) is 4.98 Å². The van der Waals surface area contributed by atoms with Gasteiger partial charge < -0.3 is 21.3 Å². The molecule has 54 heavy (non-hydrogen) atoms. The van der Waals surface area contributed by atoms with Crippen LogP contribution < -0.4 is 0 Å². The van der Waals surface area contributed by atoms with Gasteiger partial charge in [0, 0.05) is 11.3 Å². The predicted octanol–water partition coefficient (Wildman–Crippen LogP) is 14.1. The summed E-state index contributed by atoms with van der Waals surface area (Å²) in [5, 5.41) is 23.6. The number of fused-ring (bicyclic) bond motifs is 4. The third-order valence-electron chi connectivity index (χ3n) is 8.81. The molecular weight excluding hydrogens is 825 g/mol. The van der Waals surface area contributed by atoms with Crippen molar-refractivity contribution in [2.24, 2.45) is 0 Å². The second-order valence-corrected chi connectivity index (χ2v) is 13.7. The Labute approximate surface area is 343 Å². The molecule has 1 atom stereocenters. The summed E-state index contributed by atoms with van der Waals surface area (Å²) in [5.41, 5.74) is 7.87. The molecule has 1 unspecified atom stereocenters. The molecule has 0 saturated carbocycles. The second kappa shape index (κ2) is 22.2. The SMILES string of the molecule is CC(C)c1cccc(C(C)C)c1[N-]C(c1cccc(-c2cccc3ccccc23)n1)c1cc2ccccc2c2ccccc12.C[N-]C.C[N-]C.C[N-]C.[Hf+4]. The molecule has 6 aromatic carbocycles. The Morgan fingerprint density at radius 2 is 0.907 bits per heavy atom. The van der Waals surface area contributed by atoms with Gasteiger partial charge in [0.25, 0.3) is 0 Å². The van der Waals surface area contributed by atoms with Crippen LogP contribution in [0.3, 0.4) is 0 Å². The Hall–Kier alpha value is -4.20. The van der Waals surface area contributed by atoms with E-state index in [1.54, 1.807) is 42.3 Å². The van der Waals surface area contributed by atoms with Crippen LogP contribution in [0.4, 0.5) is 5.69 Å². The van der Waals surface area contributed by atoms with E-state index in [2.05, 4.69) is 177 Å². The van der Waals surface area contributed by atoms with Crippen LogP contribution in [0.5, 0.6) is 0 Å². The zero-order valence-electron chi connectivity index (χ0n) is 33.7.